The van der Waals surface area contributed by atoms with E-state index in [1.54, 1.807) is 0 Å². The molecule has 0 aliphatic heterocycles. The highest BCUT2D eigenvalue weighted by Crippen LogP contribution is 2.06. The number of carbonyl (C=O) groups is 1. The molecule has 0 radical (unpaired) electrons. The monoisotopic (exact) mass is 243 g/mol. The molecule has 0 fully saturated rings. The lowest BCUT2D eigenvalue weighted by Crippen LogP contribution is -2.16. The molecule has 0 aromatic rings. The maximum Gasteiger partial charge on any atom is 0.218 e. The number of alkyl halides is 2. The number of halogens is 2. The van der Waals surface area contributed by atoms with E-state index in [2.05, 4.69) is 31.9 Å². The Morgan fingerprint density at radius 3 is 2.38 bits per heavy atom. The van der Waals surface area contributed by atoms with Crippen molar-refractivity contribution in [1.29, 1.82) is 0 Å². The average molecular weight is 245 g/mol. The van der Waals surface area contributed by atoms with E-state index >= 15 is 0 Å². The van der Waals surface area contributed by atoms with E-state index in [1.165, 1.54) is 0 Å². The van der Waals surface area contributed by atoms with Gasteiger partial charge in [-0.05, 0) is 0 Å². The lowest BCUT2D eigenvalue weighted by Gasteiger charge is -1.98. The maximum absolute atomic E-state index is 10.1. The number of primary amides is 1. The lowest BCUT2D eigenvalue weighted by molar-refractivity contribution is -0.117. The van der Waals surface area contributed by atoms with Crippen LogP contribution in [0.5, 0.6) is 0 Å². The molecule has 0 rings (SSSR count). The molecule has 0 unspecified atom stereocenters. The highest BCUT2D eigenvalue weighted by Gasteiger charge is 2.03. The highest BCUT2D eigenvalue weighted by molar-refractivity contribution is 9.12. The van der Waals surface area contributed by atoms with Gasteiger partial charge in [0.05, 0.1) is 0 Å². The predicted molar refractivity (Wildman–Crippen MR) is 40.3 cm³/mol. The number of rotatable bonds is 3. The van der Waals surface area contributed by atoms with Crippen molar-refractivity contribution < 1.29 is 4.79 Å². The molecule has 0 heterocycles. The van der Waals surface area contributed by atoms with E-state index in [9.17, 15) is 4.79 Å². The molecule has 4 heteroatoms. The molecular weight excluding hydrogens is 238 g/mol. The summed E-state index contributed by atoms with van der Waals surface area (Å²) in [6, 6.07) is 0. The molecular formula is C4H7Br2NO. The van der Waals surface area contributed by atoms with Crippen LogP contribution in [0.3, 0.4) is 0 Å². The third-order valence-electron chi connectivity index (χ3n) is 0.590. The van der Waals surface area contributed by atoms with Crippen LogP contribution in [0.4, 0.5) is 0 Å². The van der Waals surface area contributed by atoms with Crippen LogP contribution in [0.1, 0.15) is 6.42 Å². The van der Waals surface area contributed by atoms with Gasteiger partial charge in [-0.2, -0.15) is 0 Å². The minimum absolute atomic E-state index is 0.181. The number of nitrogens with two attached hydrogens (primary N) is 1. The molecule has 8 heavy (non-hydrogen) atoms. The first-order chi connectivity index (χ1) is 3.66. The largest absolute Gasteiger partial charge is 0.370 e. The molecule has 0 spiro atoms. The minimum atomic E-state index is -0.272. The summed E-state index contributed by atoms with van der Waals surface area (Å²) in [5, 5.41) is 0.760. The number of amides is 1. The van der Waals surface area contributed by atoms with Crippen molar-refractivity contribution in [1.82, 2.24) is 0 Å². The number of hydrogen-bond acceptors (Lipinski definition) is 1. The fraction of sp³-hybridized carbons (Fsp3) is 0.750. The van der Waals surface area contributed by atoms with Crippen molar-refractivity contribution in [2.45, 2.75) is 11.2 Å². The first kappa shape index (κ1) is 8.43. The summed E-state index contributed by atoms with van der Waals surface area (Å²) in [5.41, 5.74) is 4.88. The van der Waals surface area contributed by atoms with Crippen LogP contribution in [-0.4, -0.2) is 16.1 Å². The van der Waals surface area contributed by atoms with Crippen LogP contribution in [-0.2, 0) is 4.79 Å². The summed E-state index contributed by atoms with van der Waals surface area (Å²) in [4.78, 5) is 10.3. The summed E-state index contributed by atoms with van der Waals surface area (Å²) in [7, 11) is 0. The molecule has 0 aliphatic rings. The van der Waals surface area contributed by atoms with Gasteiger partial charge in [0.2, 0.25) is 5.91 Å². The Kier molecular flexibility index (Phi) is 4.56. The second kappa shape index (κ2) is 4.32. The number of carbonyl (C=O) groups excluding carboxylic acids is 1. The maximum atomic E-state index is 10.1. The van der Waals surface area contributed by atoms with Gasteiger partial charge in [0, 0.05) is 16.6 Å². The van der Waals surface area contributed by atoms with Gasteiger partial charge in [0.1, 0.15) is 0 Å². The second-order valence-corrected chi connectivity index (χ2v) is 3.36. The molecule has 0 aromatic heterocycles. The van der Waals surface area contributed by atoms with Crippen molar-refractivity contribution in [2.24, 2.45) is 5.73 Å². The van der Waals surface area contributed by atoms with E-state index in [1.807, 2.05) is 0 Å². The molecule has 0 saturated heterocycles. The summed E-state index contributed by atoms with van der Waals surface area (Å²) in [6.45, 7) is 0. The van der Waals surface area contributed by atoms with Gasteiger partial charge in [0.15, 0.2) is 0 Å². The molecule has 1 atom stereocenters. The highest BCUT2D eigenvalue weighted by atomic mass is 79.9. The Morgan fingerprint density at radius 2 is 2.25 bits per heavy atom. The summed E-state index contributed by atoms with van der Waals surface area (Å²) >= 11 is 6.42. The van der Waals surface area contributed by atoms with Crippen LogP contribution in [0, 0.1) is 0 Å². The van der Waals surface area contributed by atoms with Crippen LogP contribution in [0.25, 0.3) is 0 Å². The Bertz CT molecular complexity index is 86.1. The zero-order chi connectivity index (χ0) is 6.57. The van der Waals surface area contributed by atoms with Crippen LogP contribution in [0.2, 0.25) is 0 Å². The smallest absolute Gasteiger partial charge is 0.218 e. The minimum Gasteiger partial charge on any atom is -0.370 e. The summed E-state index contributed by atoms with van der Waals surface area (Å²) in [6.07, 6.45) is 0.394. The van der Waals surface area contributed by atoms with E-state index in [0.717, 1.165) is 5.33 Å². The third-order valence-corrected chi connectivity index (χ3v) is 2.89. The van der Waals surface area contributed by atoms with Gasteiger partial charge < -0.3 is 5.73 Å². The Labute approximate surface area is 65.1 Å². The van der Waals surface area contributed by atoms with Crippen molar-refractivity contribution in [2.75, 3.05) is 5.33 Å². The summed E-state index contributed by atoms with van der Waals surface area (Å²) < 4.78 is 0. The van der Waals surface area contributed by atoms with Gasteiger partial charge in [-0.1, -0.05) is 31.9 Å². The van der Waals surface area contributed by atoms with E-state index in [-0.39, 0.29) is 10.7 Å². The zero-order valence-corrected chi connectivity index (χ0v) is 7.41. The van der Waals surface area contributed by atoms with Crippen LogP contribution >= 0.6 is 31.9 Å². The lowest BCUT2D eigenvalue weighted by atomic mass is 10.3. The zero-order valence-electron chi connectivity index (χ0n) is 4.23. The molecule has 0 bridgehead atoms. The van der Waals surface area contributed by atoms with Crippen LogP contribution in [0.15, 0.2) is 0 Å². The Hall–Kier alpha value is 0.430. The van der Waals surface area contributed by atoms with Gasteiger partial charge in [-0.15, -0.1) is 0 Å². The first-order valence-corrected chi connectivity index (χ1v) is 4.19. The normalized spacial score (nSPS) is 13.2. The van der Waals surface area contributed by atoms with Crippen molar-refractivity contribution in [3.05, 3.63) is 0 Å². The average Bonchev–Trinajstić information content (AvgIpc) is 1.65. The molecule has 48 valence electrons. The first-order valence-electron chi connectivity index (χ1n) is 2.15. The second-order valence-electron chi connectivity index (χ2n) is 1.42. The Morgan fingerprint density at radius 1 is 1.75 bits per heavy atom. The topological polar surface area (TPSA) is 43.1 Å². The van der Waals surface area contributed by atoms with E-state index in [0.29, 0.717) is 6.42 Å². The van der Waals surface area contributed by atoms with E-state index in [4.69, 9.17) is 5.73 Å². The quantitative estimate of drug-likeness (QED) is 0.741. The SMILES string of the molecule is NC(=O)C[C@H](Br)CBr. The Balaban J connectivity index is 3.24. The van der Waals surface area contributed by atoms with Gasteiger partial charge in [-0.3, -0.25) is 4.79 Å². The van der Waals surface area contributed by atoms with Gasteiger partial charge in [0.25, 0.3) is 0 Å². The van der Waals surface area contributed by atoms with Gasteiger partial charge >= 0.3 is 0 Å². The molecule has 0 aromatic carbocycles. The molecule has 2 nitrogen and oxygen atoms in total. The predicted octanol–water partition coefficient (Wildman–Crippen LogP) is 1.02. The summed E-state index contributed by atoms with van der Waals surface area (Å²) in [5.74, 6) is -0.272. The molecule has 0 aliphatic carbocycles. The van der Waals surface area contributed by atoms with Crippen molar-refractivity contribution >= 4 is 37.8 Å². The number of hydrogen-bond donors (Lipinski definition) is 1. The van der Waals surface area contributed by atoms with E-state index < -0.39 is 0 Å². The molecule has 1 amide bonds. The fourth-order valence-corrected chi connectivity index (χ4v) is 0.821. The van der Waals surface area contributed by atoms with Crippen LogP contribution < -0.4 is 5.73 Å². The third kappa shape index (κ3) is 4.59. The molecule has 2 N–H and O–H groups in total. The van der Waals surface area contributed by atoms with Crippen molar-refractivity contribution in [3.8, 4) is 0 Å². The molecule has 0 saturated carbocycles. The fourth-order valence-electron chi connectivity index (χ4n) is 0.273. The van der Waals surface area contributed by atoms with Crippen molar-refractivity contribution in [3.63, 3.8) is 0 Å². The standard InChI is InChI=1S/C4H7Br2NO/c5-2-3(6)1-4(7)8/h3H,1-2H2,(H2,7,8)/t3-/m0/s1. The van der Waals surface area contributed by atoms with Gasteiger partial charge in [-0.25, -0.2) is 0 Å².